The molecule has 140 valence electrons. The van der Waals surface area contributed by atoms with Crippen molar-refractivity contribution in [3.05, 3.63) is 101 Å². The van der Waals surface area contributed by atoms with E-state index in [1.54, 1.807) is 17.0 Å². The van der Waals surface area contributed by atoms with Crippen LogP contribution in [0.15, 0.2) is 78.9 Å². The molecule has 0 N–H and O–H groups in total. The Morgan fingerprint density at radius 2 is 1.50 bits per heavy atom. The van der Waals surface area contributed by atoms with Crippen molar-refractivity contribution in [1.82, 2.24) is 0 Å². The van der Waals surface area contributed by atoms with Crippen molar-refractivity contribution in [2.45, 2.75) is 18.9 Å². The van der Waals surface area contributed by atoms with E-state index in [1.807, 2.05) is 73.7 Å². The molecular formula is C24H21NO3. The number of carbonyl (C=O) groups excluding carboxylic acids is 2. The summed E-state index contributed by atoms with van der Waals surface area (Å²) in [4.78, 5) is 28.0. The zero-order valence-corrected chi connectivity index (χ0v) is 15.8. The number of hydrogen-bond donors (Lipinski definition) is 0. The van der Waals surface area contributed by atoms with E-state index in [1.165, 1.54) is 7.11 Å². The van der Waals surface area contributed by atoms with Gasteiger partial charge in [-0.2, -0.15) is 0 Å². The number of rotatable bonds is 2. The lowest BCUT2D eigenvalue weighted by molar-refractivity contribution is 0.0934. The van der Waals surface area contributed by atoms with Gasteiger partial charge in [0.2, 0.25) is 0 Å². The molecule has 0 bridgehead atoms. The third-order valence-corrected chi connectivity index (χ3v) is 5.25. The van der Waals surface area contributed by atoms with E-state index in [0.29, 0.717) is 11.3 Å². The molecular weight excluding hydrogens is 350 g/mol. The Kier molecular flexibility index (Phi) is 4.70. The lowest BCUT2D eigenvalue weighted by Gasteiger charge is -2.41. The Bertz CT molecular complexity index is 1010. The normalized spacial score (nSPS) is 18.5. The molecule has 0 spiro atoms. The Morgan fingerprint density at radius 3 is 2.18 bits per heavy atom. The van der Waals surface area contributed by atoms with Gasteiger partial charge in [-0.05, 0) is 30.2 Å². The fourth-order valence-corrected chi connectivity index (χ4v) is 3.91. The highest BCUT2D eigenvalue weighted by atomic mass is 16.5. The summed E-state index contributed by atoms with van der Waals surface area (Å²) in [5.41, 5.74) is 4.00. The van der Waals surface area contributed by atoms with Crippen molar-refractivity contribution in [3.63, 3.8) is 0 Å². The van der Waals surface area contributed by atoms with Gasteiger partial charge in [0.25, 0.3) is 0 Å². The number of amides is 1. The molecule has 2 atom stereocenters. The summed E-state index contributed by atoms with van der Waals surface area (Å²) in [6.07, 6.45) is -0.480. The first-order chi connectivity index (χ1) is 13.6. The van der Waals surface area contributed by atoms with Gasteiger partial charge in [-0.15, -0.1) is 0 Å². The molecule has 0 radical (unpaired) electrons. The molecule has 1 heterocycles. The maximum Gasteiger partial charge on any atom is 0.414 e. The van der Waals surface area contributed by atoms with E-state index in [0.717, 1.165) is 16.7 Å². The average Bonchev–Trinajstić information content (AvgIpc) is 2.74. The molecule has 0 fully saturated rings. The van der Waals surface area contributed by atoms with Crippen molar-refractivity contribution in [2.24, 2.45) is 0 Å². The fourth-order valence-electron chi connectivity index (χ4n) is 3.91. The highest BCUT2D eigenvalue weighted by Crippen LogP contribution is 2.46. The molecule has 1 aliphatic rings. The van der Waals surface area contributed by atoms with Gasteiger partial charge in [-0.1, -0.05) is 72.3 Å². The Hall–Kier alpha value is -3.40. The van der Waals surface area contributed by atoms with E-state index in [-0.39, 0.29) is 5.78 Å². The third-order valence-electron chi connectivity index (χ3n) is 5.25. The molecule has 28 heavy (non-hydrogen) atoms. The zero-order valence-electron chi connectivity index (χ0n) is 15.8. The van der Waals surface area contributed by atoms with Crippen LogP contribution in [-0.4, -0.2) is 19.0 Å². The van der Waals surface area contributed by atoms with Gasteiger partial charge in [0, 0.05) is 5.56 Å². The second-order valence-corrected chi connectivity index (χ2v) is 6.97. The molecule has 4 nitrogen and oxygen atoms in total. The number of ether oxygens (including phenoxy) is 1. The number of methoxy groups -OCH3 is 1. The summed E-state index contributed by atoms with van der Waals surface area (Å²) in [6.45, 7) is 2.01. The molecule has 0 aromatic heterocycles. The highest BCUT2D eigenvalue weighted by molar-refractivity contribution is 6.11. The first-order valence-corrected chi connectivity index (χ1v) is 9.23. The number of nitrogens with zero attached hydrogens (tertiary/aromatic N) is 1. The summed E-state index contributed by atoms with van der Waals surface area (Å²) >= 11 is 0. The van der Waals surface area contributed by atoms with Crippen LogP contribution in [0.3, 0.4) is 0 Å². The van der Waals surface area contributed by atoms with Gasteiger partial charge < -0.3 is 4.74 Å². The van der Waals surface area contributed by atoms with Gasteiger partial charge in [0.15, 0.2) is 5.78 Å². The average molecular weight is 371 g/mol. The summed E-state index contributed by atoms with van der Waals surface area (Å²) in [7, 11) is 1.37. The van der Waals surface area contributed by atoms with Crippen LogP contribution >= 0.6 is 0 Å². The molecule has 0 unspecified atom stereocenters. The number of anilines is 1. The maximum atomic E-state index is 13.5. The summed E-state index contributed by atoms with van der Waals surface area (Å²) in [6, 6.07) is 24.3. The summed E-state index contributed by atoms with van der Waals surface area (Å²) in [5.74, 6) is -0.509. The number of fused-ring (bicyclic) bond motifs is 1. The Morgan fingerprint density at radius 1 is 0.857 bits per heavy atom. The molecule has 0 saturated heterocycles. The molecule has 0 saturated carbocycles. The molecule has 3 aromatic carbocycles. The fraction of sp³-hybridized carbons (Fsp3) is 0.167. The first kappa shape index (κ1) is 18.0. The zero-order chi connectivity index (χ0) is 19.7. The van der Waals surface area contributed by atoms with Crippen LogP contribution in [0.4, 0.5) is 10.5 Å². The minimum atomic E-state index is -0.516. The topological polar surface area (TPSA) is 46.6 Å². The van der Waals surface area contributed by atoms with Crippen molar-refractivity contribution < 1.29 is 14.3 Å². The molecule has 1 aliphatic heterocycles. The van der Waals surface area contributed by atoms with Crippen molar-refractivity contribution >= 4 is 17.6 Å². The molecule has 1 amide bonds. The maximum absolute atomic E-state index is 13.5. The van der Waals surface area contributed by atoms with Crippen molar-refractivity contribution in [3.8, 4) is 0 Å². The SMILES string of the molecule is COC(=O)N1c2ccccc2C(=O)[C@@H](c2ccccc2)[C@@H]1c1ccc(C)cc1. The molecule has 4 rings (SSSR count). The number of aryl methyl sites for hydroxylation is 1. The van der Waals surface area contributed by atoms with E-state index >= 15 is 0 Å². The quantitative estimate of drug-likeness (QED) is 0.615. The summed E-state index contributed by atoms with van der Waals surface area (Å²) in [5, 5.41) is 0. The lowest BCUT2D eigenvalue weighted by atomic mass is 9.77. The predicted molar refractivity (Wildman–Crippen MR) is 109 cm³/mol. The van der Waals surface area contributed by atoms with Crippen LogP contribution in [0.2, 0.25) is 0 Å². The standard InChI is InChI=1S/C24H21NO3/c1-16-12-14-18(15-13-16)22-21(17-8-4-3-5-9-17)23(26)19-10-6-7-11-20(19)25(22)24(27)28-2/h3-15,21-22H,1-2H3/t21-,22-/m0/s1. The number of Topliss-reactive ketones (excluding diaryl/α,β-unsaturated/α-hetero) is 1. The number of para-hydroxylation sites is 1. The van der Waals surface area contributed by atoms with Gasteiger partial charge in [-0.25, -0.2) is 4.79 Å². The number of carbonyl (C=O) groups is 2. The van der Waals surface area contributed by atoms with Crippen LogP contribution in [0, 0.1) is 6.92 Å². The smallest absolute Gasteiger partial charge is 0.414 e. The number of benzene rings is 3. The van der Waals surface area contributed by atoms with Gasteiger partial charge in [0.1, 0.15) is 0 Å². The van der Waals surface area contributed by atoms with Crippen LogP contribution < -0.4 is 4.90 Å². The number of ketones is 1. The van der Waals surface area contributed by atoms with E-state index in [9.17, 15) is 9.59 Å². The third kappa shape index (κ3) is 2.97. The number of hydrogen-bond acceptors (Lipinski definition) is 3. The van der Waals surface area contributed by atoms with Crippen LogP contribution in [-0.2, 0) is 4.74 Å². The predicted octanol–water partition coefficient (Wildman–Crippen LogP) is 5.29. The van der Waals surface area contributed by atoms with E-state index in [4.69, 9.17) is 4.74 Å². The van der Waals surface area contributed by atoms with Crippen LogP contribution in [0.1, 0.15) is 39.0 Å². The second kappa shape index (κ2) is 7.31. The highest BCUT2D eigenvalue weighted by Gasteiger charge is 2.44. The van der Waals surface area contributed by atoms with Crippen LogP contribution in [0.25, 0.3) is 0 Å². The van der Waals surface area contributed by atoms with Crippen molar-refractivity contribution in [2.75, 3.05) is 12.0 Å². The minimum Gasteiger partial charge on any atom is -0.452 e. The monoisotopic (exact) mass is 371 g/mol. The minimum absolute atomic E-state index is 0.00697. The lowest BCUT2D eigenvalue weighted by Crippen LogP contribution is -2.44. The largest absolute Gasteiger partial charge is 0.452 e. The molecule has 4 heteroatoms. The van der Waals surface area contributed by atoms with Crippen molar-refractivity contribution in [1.29, 1.82) is 0 Å². The van der Waals surface area contributed by atoms with Gasteiger partial charge in [-0.3, -0.25) is 9.69 Å². The Balaban J connectivity index is 1.98. The van der Waals surface area contributed by atoms with Gasteiger partial charge in [0.05, 0.1) is 24.8 Å². The second-order valence-electron chi connectivity index (χ2n) is 6.97. The van der Waals surface area contributed by atoms with E-state index < -0.39 is 18.1 Å². The van der Waals surface area contributed by atoms with Gasteiger partial charge >= 0.3 is 6.09 Å². The molecule has 3 aromatic rings. The van der Waals surface area contributed by atoms with E-state index in [2.05, 4.69) is 0 Å². The van der Waals surface area contributed by atoms with Crippen LogP contribution in [0.5, 0.6) is 0 Å². The Labute approximate surface area is 164 Å². The first-order valence-electron chi connectivity index (χ1n) is 9.23. The molecule has 0 aliphatic carbocycles. The summed E-state index contributed by atoms with van der Waals surface area (Å²) < 4.78 is 5.12.